The predicted molar refractivity (Wildman–Crippen MR) is 94.8 cm³/mol. The largest absolute Gasteiger partial charge is 0.379 e. The summed E-state index contributed by atoms with van der Waals surface area (Å²) in [5, 5.41) is 13.2. The average molecular weight is 356 g/mol. The van der Waals surface area contributed by atoms with Crippen molar-refractivity contribution in [2.75, 3.05) is 26.3 Å². The van der Waals surface area contributed by atoms with Crippen LogP contribution in [0.3, 0.4) is 0 Å². The fraction of sp³-hybridized carbons (Fsp3) is 0.278. The zero-order valence-electron chi connectivity index (χ0n) is 13.6. The van der Waals surface area contributed by atoms with E-state index in [9.17, 15) is 0 Å². The second-order valence-electron chi connectivity index (χ2n) is 5.89. The first kappa shape index (κ1) is 16.2. The van der Waals surface area contributed by atoms with Gasteiger partial charge in [-0.3, -0.25) is 4.90 Å². The minimum absolute atomic E-state index is 0.0589. The van der Waals surface area contributed by atoms with Gasteiger partial charge >= 0.3 is 0 Å². The molecule has 0 saturated carbocycles. The first-order chi connectivity index (χ1) is 12.3. The van der Waals surface area contributed by atoms with E-state index in [1.165, 1.54) is 0 Å². The van der Waals surface area contributed by atoms with Crippen LogP contribution in [0.15, 0.2) is 54.6 Å². The van der Waals surface area contributed by atoms with E-state index in [0.717, 1.165) is 30.2 Å². The Balaban J connectivity index is 1.79. The molecule has 2 heterocycles. The molecule has 2 aromatic carbocycles. The predicted octanol–water partition coefficient (Wildman–Crippen LogP) is 2.74. The quantitative estimate of drug-likeness (QED) is 0.720. The highest BCUT2D eigenvalue weighted by atomic mass is 35.5. The molecular formula is C18H18ClN5O. The van der Waals surface area contributed by atoms with Crippen LogP contribution in [-0.4, -0.2) is 51.4 Å². The second-order valence-corrected chi connectivity index (χ2v) is 6.32. The van der Waals surface area contributed by atoms with Gasteiger partial charge in [-0.2, -0.15) is 4.68 Å². The van der Waals surface area contributed by atoms with Gasteiger partial charge in [0.25, 0.3) is 0 Å². The maximum Gasteiger partial charge on any atom is 0.178 e. The molecule has 128 valence electrons. The lowest BCUT2D eigenvalue weighted by Crippen LogP contribution is -2.40. The molecule has 1 aliphatic rings. The number of ether oxygens (including phenoxy) is 1. The van der Waals surface area contributed by atoms with Crippen molar-refractivity contribution in [1.82, 2.24) is 25.1 Å². The van der Waals surface area contributed by atoms with Gasteiger partial charge in [0.05, 0.1) is 24.9 Å². The van der Waals surface area contributed by atoms with E-state index in [2.05, 4.69) is 20.4 Å². The van der Waals surface area contributed by atoms with Crippen LogP contribution >= 0.6 is 11.6 Å². The summed E-state index contributed by atoms with van der Waals surface area (Å²) >= 11 is 6.08. The Morgan fingerprint density at radius 1 is 0.960 bits per heavy atom. The normalized spacial score (nSPS) is 16.7. The number of morpholine rings is 1. The average Bonchev–Trinajstić information content (AvgIpc) is 3.14. The molecule has 1 saturated heterocycles. The van der Waals surface area contributed by atoms with Crippen molar-refractivity contribution in [2.45, 2.75) is 6.04 Å². The molecule has 3 aromatic rings. The number of aromatic nitrogens is 4. The summed E-state index contributed by atoms with van der Waals surface area (Å²) in [6.07, 6.45) is 0. The number of nitrogens with zero attached hydrogens (tertiary/aromatic N) is 5. The van der Waals surface area contributed by atoms with Crippen LogP contribution in [0.2, 0.25) is 5.02 Å². The van der Waals surface area contributed by atoms with Gasteiger partial charge < -0.3 is 4.74 Å². The Kier molecular flexibility index (Phi) is 4.74. The molecule has 0 unspecified atom stereocenters. The molecule has 7 heteroatoms. The van der Waals surface area contributed by atoms with E-state index in [-0.39, 0.29) is 6.04 Å². The molecule has 0 N–H and O–H groups in total. The fourth-order valence-electron chi connectivity index (χ4n) is 3.12. The lowest BCUT2D eigenvalue weighted by atomic mass is 10.0. The van der Waals surface area contributed by atoms with Crippen molar-refractivity contribution in [2.24, 2.45) is 0 Å². The van der Waals surface area contributed by atoms with Crippen molar-refractivity contribution in [3.8, 4) is 5.69 Å². The van der Waals surface area contributed by atoms with Gasteiger partial charge in [0.15, 0.2) is 5.82 Å². The summed E-state index contributed by atoms with van der Waals surface area (Å²) in [5.74, 6) is 0.787. The maximum absolute atomic E-state index is 6.08. The van der Waals surface area contributed by atoms with Crippen LogP contribution < -0.4 is 0 Å². The topological polar surface area (TPSA) is 56.1 Å². The molecule has 1 aliphatic heterocycles. The Bertz CT molecular complexity index is 815. The molecule has 0 spiro atoms. The van der Waals surface area contributed by atoms with Crippen LogP contribution in [-0.2, 0) is 4.74 Å². The highest BCUT2D eigenvalue weighted by Gasteiger charge is 2.29. The van der Waals surface area contributed by atoms with Gasteiger partial charge in [-0.25, -0.2) is 0 Å². The minimum Gasteiger partial charge on any atom is -0.379 e. The zero-order valence-corrected chi connectivity index (χ0v) is 14.4. The first-order valence-electron chi connectivity index (χ1n) is 8.24. The van der Waals surface area contributed by atoms with Crippen LogP contribution in [0.25, 0.3) is 5.69 Å². The summed E-state index contributed by atoms with van der Waals surface area (Å²) in [6, 6.07) is 17.7. The van der Waals surface area contributed by atoms with Crippen LogP contribution in [0.4, 0.5) is 0 Å². The Hall–Kier alpha value is -2.28. The first-order valence-corrected chi connectivity index (χ1v) is 8.62. The summed E-state index contributed by atoms with van der Waals surface area (Å²) in [5.41, 5.74) is 2.05. The van der Waals surface area contributed by atoms with Crippen molar-refractivity contribution >= 4 is 11.6 Å². The SMILES string of the molecule is Clc1ccc([C@H](c2nnnn2-c2ccccc2)N2CCOCC2)cc1. The third-order valence-electron chi connectivity index (χ3n) is 4.34. The van der Waals surface area contributed by atoms with Crippen molar-refractivity contribution < 1.29 is 4.74 Å². The summed E-state index contributed by atoms with van der Waals surface area (Å²) in [7, 11) is 0. The molecule has 0 amide bonds. The van der Waals surface area contributed by atoms with Gasteiger partial charge in [-0.05, 0) is 40.3 Å². The lowest BCUT2D eigenvalue weighted by molar-refractivity contribution is 0.0220. The molecule has 0 radical (unpaired) electrons. The van der Waals surface area contributed by atoms with E-state index in [1.54, 1.807) is 4.68 Å². The van der Waals surface area contributed by atoms with E-state index in [0.29, 0.717) is 18.2 Å². The number of para-hydroxylation sites is 1. The molecule has 1 aromatic heterocycles. The maximum atomic E-state index is 6.08. The van der Waals surface area contributed by atoms with E-state index in [1.807, 2.05) is 54.6 Å². The van der Waals surface area contributed by atoms with Crippen molar-refractivity contribution in [1.29, 1.82) is 0 Å². The Morgan fingerprint density at radius 2 is 1.68 bits per heavy atom. The summed E-state index contributed by atoms with van der Waals surface area (Å²) < 4.78 is 7.32. The monoisotopic (exact) mass is 355 g/mol. The van der Waals surface area contributed by atoms with Gasteiger partial charge in [0, 0.05) is 18.1 Å². The lowest BCUT2D eigenvalue weighted by Gasteiger charge is -2.33. The second kappa shape index (κ2) is 7.31. The van der Waals surface area contributed by atoms with E-state index >= 15 is 0 Å². The van der Waals surface area contributed by atoms with Crippen LogP contribution in [0.5, 0.6) is 0 Å². The molecular weight excluding hydrogens is 338 g/mol. The molecule has 1 atom stereocenters. The van der Waals surface area contributed by atoms with Gasteiger partial charge in [-0.15, -0.1) is 5.10 Å². The van der Waals surface area contributed by atoms with Crippen LogP contribution in [0, 0.1) is 0 Å². The third kappa shape index (κ3) is 3.42. The third-order valence-corrected chi connectivity index (χ3v) is 4.59. The molecule has 6 nitrogen and oxygen atoms in total. The number of halogens is 1. The molecule has 1 fully saturated rings. The smallest absolute Gasteiger partial charge is 0.178 e. The van der Waals surface area contributed by atoms with Gasteiger partial charge in [-0.1, -0.05) is 41.9 Å². The highest BCUT2D eigenvalue weighted by Crippen LogP contribution is 2.29. The van der Waals surface area contributed by atoms with Gasteiger partial charge in [0.2, 0.25) is 0 Å². The highest BCUT2D eigenvalue weighted by molar-refractivity contribution is 6.30. The van der Waals surface area contributed by atoms with Gasteiger partial charge in [0.1, 0.15) is 0 Å². The van der Waals surface area contributed by atoms with Crippen molar-refractivity contribution in [3.05, 3.63) is 71.0 Å². The minimum atomic E-state index is -0.0589. The number of rotatable bonds is 4. The number of hydrogen-bond acceptors (Lipinski definition) is 5. The number of benzene rings is 2. The Morgan fingerprint density at radius 3 is 2.40 bits per heavy atom. The molecule has 0 aliphatic carbocycles. The molecule has 25 heavy (non-hydrogen) atoms. The summed E-state index contributed by atoms with van der Waals surface area (Å²) in [6.45, 7) is 3.07. The number of hydrogen-bond donors (Lipinski definition) is 0. The number of tetrazole rings is 1. The van der Waals surface area contributed by atoms with E-state index in [4.69, 9.17) is 16.3 Å². The van der Waals surface area contributed by atoms with Crippen LogP contribution in [0.1, 0.15) is 17.4 Å². The standard InChI is InChI=1S/C18H18ClN5O/c19-15-8-6-14(7-9-15)17(23-10-12-25-13-11-23)18-20-21-22-24(18)16-4-2-1-3-5-16/h1-9,17H,10-13H2/t17-/m1/s1. The summed E-state index contributed by atoms with van der Waals surface area (Å²) in [4.78, 5) is 2.35. The molecule has 4 rings (SSSR count). The van der Waals surface area contributed by atoms with E-state index < -0.39 is 0 Å². The molecule has 0 bridgehead atoms. The fourth-order valence-corrected chi connectivity index (χ4v) is 3.25. The Labute approximate surface area is 151 Å². The van der Waals surface area contributed by atoms with Crippen molar-refractivity contribution in [3.63, 3.8) is 0 Å². The zero-order chi connectivity index (χ0) is 17.1.